The van der Waals surface area contributed by atoms with Gasteiger partial charge in [0.2, 0.25) is 5.88 Å². The van der Waals surface area contributed by atoms with E-state index in [-0.39, 0.29) is 17.4 Å². The number of benzene rings is 1. The fraction of sp³-hybridized carbons (Fsp3) is 0.286. The van der Waals surface area contributed by atoms with E-state index in [4.69, 9.17) is 15.2 Å². The standard InChI is InChI=1S/C14H17N3O3/c1-8(2)14-16-12(18)7-13(17-14)20-11-5-4-9(19-3)6-10(11)15/h4-8H,15H2,1-3H3,(H,16,17,18). The zero-order chi connectivity index (χ0) is 14.7. The average molecular weight is 275 g/mol. The number of nitrogens with two attached hydrogens (primary N) is 1. The topological polar surface area (TPSA) is 90.2 Å². The van der Waals surface area contributed by atoms with Crippen molar-refractivity contribution in [3.05, 3.63) is 40.4 Å². The molecule has 0 saturated carbocycles. The SMILES string of the molecule is COc1ccc(Oc2cc(=O)[nH]c(C(C)C)n2)c(N)c1. The van der Waals surface area contributed by atoms with Gasteiger partial charge in [0.25, 0.3) is 5.56 Å². The van der Waals surface area contributed by atoms with Crippen LogP contribution >= 0.6 is 0 Å². The molecule has 0 bridgehead atoms. The molecule has 20 heavy (non-hydrogen) atoms. The largest absolute Gasteiger partial charge is 0.497 e. The van der Waals surface area contributed by atoms with Crippen LogP contribution in [-0.4, -0.2) is 17.1 Å². The molecule has 3 N–H and O–H groups in total. The molecule has 0 aliphatic rings. The van der Waals surface area contributed by atoms with Gasteiger partial charge in [-0.2, -0.15) is 4.98 Å². The molecule has 0 spiro atoms. The number of H-pyrrole nitrogens is 1. The van der Waals surface area contributed by atoms with Crippen molar-refractivity contribution < 1.29 is 9.47 Å². The van der Waals surface area contributed by atoms with Crippen LogP contribution in [0.2, 0.25) is 0 Å². The molecule has 1 heterocycles. The Bertz CT molecular complexity index is 665. The van der Waals surface area contributed by atoms with Crippen LogP contribution in [0.1, 0.15) is 25.6 Å². The van der Waals surface area contributed by atoms with Crippen LogP contribution in [0, 0.1) is 0 Å². The second-order valence-corrected chi connectivity index (χ2v) is 4.63. The van der Waals surface area contributed by atoms with Gasteiger partial charge in [-0.15, -0.1) is 0 Å². The maximum atomic E-state index is 11.6. The van der Waals surface area contributed by atoms with Gasteiger partial charge in [0, 0.05) is 12.0 Å². The van der Waals surface area contributed by atoms with Crippen molar-refractivity contribution in [2.45, 2.75) is 19.8 Å². The summed E-state index contributed by atoms with van der Waals surface area (Å²) in [5.41, 5.74) is 6.02. The first kappa shape index (κ1) is 13.9. The lowest BCUT2D eigenvalue weighted by atomic mass is 10.2. The van der Waals surface area contributed by atoms with E-state index >= 15 is 0 Å². The highest BCUT2D eigenvalue weighted by Crippen LogP contribution is 2.29. The minimum atomic E-state index is -0.259. The van der Waals surface area contributed by atoms with Crippen molar-refractivity contribution >= 4 is 5.69 Å². The normalized spacial score (nSPS) is 10.6. The summed E-state index contributed by atoms with van der Waals surface area (Å²) in [5.74, 6) is 1.95. The van der Waals surface area contributed by atoms with E-state index in [1.54, 1.807) is 25.3 Å². The zero-order valence-electron chi connectivity index (χ0n) is 11.6. The Hall–Kier alpha value is -2.50. The minimum Gasteiger partial charge on any atom is -0.497 e. The molecule has 2 aromatic rings. The Balaban J connectivity index is 2.32. The summed E-state index contributed by atoms with van der Waals surface area (Å²) < 4.78 is 10.6. The van der Waals surface area contributed by atoms with Crippen LogP contribution in [0.25, 0.3) is 0 Å². The maximum absolute atomic E-state index is 11.6. The monoisotopic (exact) mass is 275 g/mol. The highest BCUT2D eigenvalue weighted by molar-refractivity contribution is 5.57. The van der Waals surface area contributed by atoms with Crippen LogP contribution in [0.3, 0.4) is 0 Å². The van der Waals surface area contributed by atoms with Crippen LogP contribution in [-0.2, 0) is 0 Å². The molecule has 0 aliphatic heterocycles. The number of nitrogen functional groups attached to an aromatic ring is 1. The van der Waals surface area contributed by atoms with E-state index in [1.807, 2.05) is 13.8 Å². The van der Waals surface area contributed by atoms with Crippen LogP contribution in [0.4, 0.5) is 5.69 Å². The van der Waals surface area contributed by atoms with Crippen molar-refractivity contribution in [1.82, 2.24) is 9.97 Å². The van der Waals surface area contributed by atoms with E-state index in [2.05, 4.69) is 9.97 Å². The smallest absolute Gasteiger partial charge is 0.254 e. The third kappa shape index (κ3) is 3.09. The van der Waals surface area contributed by atoms with E-state index < -0.39 is 0 Å². The highest BCUT2D eigenvalue weighted by atomic mass is 16.5. The van der Waals surface area contributed by atoms with Crippen LogP contribution in [0.15, 0.2) is 29.1 Å². The number of ether oxygens (including phenoxy) is 2. The molecule has 1 aromatic heterocycles. The summed E-state index contributed by atoms with van der Waals surface area (Å²) in [6.07, 6.45) is 0. The van der Waals surface area contributed by atoms with Gasteiger partial charge in [0.05, 0.1) is 18.9 Å². The summed E-state index contributed by atoms with van der Waals surface area (Å²) in [4.78, 5) is 18.5. The van der Waals surface area contributed by atoms with Crippen LogP contribution in [0.5, 0.6) is 17.4 Å². The lowest BCUT2D eigenvalue weighted by Gasteiger charge is -2.10. The fourth-order valence-electron chi connectivity index (χ4n) is 1.64. The molecule has 6 nitrogen and oxygen atoms in total. The molecule has 106 valence electrons. The molecule has 1 aromatic carbocycles. The Morgan fingerprint density at radius 2 is 2.05 bits per heavy atom. The van der Waals surface area contributed by atoms with E-state index in [0.29, 0.717) is 23.0 Å². The molecule has 0 radical (unpaired) electrons. The first-order chi connectivity index (χ1) is 9.49. The number of methoxy groups -OCH3 is 1. The summed E-state index contributed by atoms with van der Waals surface area (Å²) in [6, 6.07) is 6.33. The Morgan fingerprint density at radius 3 is 2.65 bits per heavy atom. The molecule has 6 heteroatoms. The second-order valence-electron chi connectivity index (χ2n) is 4.63. The van der Waals surface area contributed by atoms with Crippen molar-refractivity contribution in [3.63, 3.8) is 0 Å². The fourth-order valence-corrected chi connectivity index (χ4v) is 1.64. The quantitative estimate of drug-likeness (QED) is 0.835. The molecular formula is C14H17N3O3. The third-order valence-corrected chi connectivity index (χ3v) is 2.71. The van der Waals surface area contributed by atoms with Crippen molar-refractivity contribution in [3.8, 4) is 17.4 Å². The van der Waals surface area contributed by atoms with Gasteiger partial charge < -0.3 is 20.2 Å². The second kappa shape index (κ2) is 5.64. The van der Waals surface area contributed by atoms with Gasteiger partial charge in [0.1, 0.15) is 11.6 Å². The van der Waals surface area contributed by atoms with E-state index in [1.165, 1.54) is 6.07 Å². The number of aromatic nitrogens is 2. The first-order valence-electron chi connectivity index (χ1n) is 6.22. The first-order valence-corrected chi connectivity index (χ1v) is 6.22. The molecule has 0 atom stereocenters. The highest BCUT2D eigenvalue weighted by Gasteiger charge is 2.09. The van der Waals surface area contributed by atoms with Crippen molar-refractivity contribution in [1.29, 1.82) is 0 Å². The van der Waals surface area contributed by atoms with Crippen molar-refractivity contribution in [2.24, 2.45) is 0 Å². The molecule has 0 saturated heterocycles. The Morgan fingerprint density at radius 1 is 1.30 bits per heavy atom. The summed E-state index contributed by atoms with van der Waals surface area (Å²) in [6.45, 7) is 3.87. The lowest BCUT2D eigenvalue weighted by molar-refractivity contribution is 0.412. The third-order valence-electron chi connectivity index (χ3n) is 2.71. The van der Waals surface area contributed by atoms with Gasteiger partial charge >= 0.3 is 0 Å². The minimum absolute atomic E-state index is 0.0967. The lowest BCUT2D eigenvalue weighted by Crippen LogP contribution is -2.12. The number of hydrogen-bond acceptors (Lipinski definition) is 5. The molecule has 0 amide bonds. The van der Waals surface area contributed by atoms with E-state index in [0.717, 1.165) is 0 Å². The number of nitrogens with zero attached hydrogens (tertiary/aromatic N) is 1. The Kier molecular flexibility index (Phi) is 3.93. The van der Waals surface area contributed by atoms with E-state index in [9.17, 15) is 4.79 Å². The number of anilines is 1. The van der Waals surface area contributed by atoms with Crippen molar-refractivity contribution in [2.75, 3.05) is 12.8 Å². The number of rotatable bonds is 4. The van der Waals surface area contributed by atoms with Crippen LogP contribution < -0.4 is 20.8 Å². The zero-order valence-corrected chi connectivity index (χ0v) is 11.6. The average Bonchev–Trinajstić information content (AvgIpc) is 2.40. The molecule has 0 unspecified atom stereocenters. The molecule has 0 fully saturated rings. The number of hydrogen-bond donors (Lipinski definition) is 2. The predicted molar refractivity (Wildman–Crippen MR) is 76.4 cm³/mol. The maximum Gasteiger partial charge on any atom is 0.254 e. The number of nitrogens with one attached hydrogen (secondary N) is 1. The van der Waals surface area contributed by atoms with Gasteiger partial charge in [0.15, 0.2) is 5.75 Å². The Labute approximate surface area is 116 Å². The summed E-state index contributed by atoms with van der Waals surface area (Å²) >= 11 is 0. The van der Waals surface area contributed by atoms with Gasteiger partial charge in [-0.05, 0) is 12.1 Å². The number of aromatic amines is 1. The summed E-state index contributed by atoms with van der Waals surface area (Å²) in [5, 5.41) is 0. The molecular weight excluding hydrogens is 258 g/mol. The summed E-state index contributed by atoms with van der Waals surface area (Å²) in [7, 11) is 1.56. The predicted octanol–water partition coefficient (Wildman–Crippen LogP) is 2.28. The van der Waals surface area contributed by atoms with Gasteiger partial charge in [-0.1, -0.05) is 13.8 Å². The molecule has 0 aliphatic carbocycles. The van der Waals surface area contributed by atoms with Gasteiger partial charge in [-0.3, -0.25) is 4.79 Å². The molecule has 2 rings (SSSR count). The van der Waals surface area contributed by atoms with Gasteiger partial charge in [-0.25, -0.2) is 0 Å².